The minimum absolute atomic E-state index is 0.193. The Hall–Kier alpha value is -1.95. The third-order valence-electron chi connectivity index (χ3n) is 2.55. The highest BCUT2D eigenvalue weighted by atomic mass is 19.1. The van der Waals surface area contributed by atoms with Crippen molar-refractivity contribution in [2.45, 2.75) is 19.4 Å². The lowest BCUT2D eigenvalue weighted by Crippen LogP contribution is -2.29. The van der Waals surface area contributed by atoms with Gasteiger partial charge in [-0.1, -0.05) is 5.21 Å². The molecule has 0 amide bonds. The quantitative estimate of drug-likeness (QED) is 0.898. The maximum atomic E-state index is 13.6. The van der Waals surface area contributed by atoms with Crippen molar-refractivity contribution in [2.75, 3.05) is 7.11 Å². The van der Waals surface area contributed by atoms with Gasteiger partial charge in [0.2, 0.25) is 0 Å². The van der Waals surface area contributed by atoms with Crippen LogP contribution in [0, 0.1) is 5.82 Å². The molecule has 0 unspecified atom stereocenters. The average Bonchev–Trinajstić information content (AvgIpc) is 2.77. The first kappa shape index (κ1) is 12.5. The standard InChI is InChI=1S/C12H15FN4O/c1-12(2,14)11-7-17(16-15-11)8-4-5-10(18-3)9(13)6-8/h4-7H,14H2,1-3H3. The molecule has 96 valence electrons. The number of nitrogens with zero attached hydrogens (tertiary/aromatic N) is 3. The van der Waals surface area contributed by atoms with Crippen LogP contribution in [0.3, 0.4) is 0 Å². The van der Waals surface area contributed by atoms with Gasteiger partial charge in [0, 0.05) is 6.07 Å². The molecule has 18 heavy (non-hydrogen) atoms. The molecule has 0 bridgehead atoms. The van der Waals surface area contributed by atoms with Gasteiger partial charge in [0.1, 0.15) is 5.69 Å². The molecule has 6 heteroatoms. The smallest absolute Gasteiger partial charge is 0.167 e. The number of aromatic nitrogens is 3. The Kier molecular flexibility index (Phi) is 3.04. The summed E-state index contributed by atoms with van der Waals surface area (Å²) in [6.45, 7) is 3.66. The molecule has 2 aromatic rings. The van der Waals surface area contributed by atoms with Crippen LogP contribution >= 0.6 is 0 Å². The predicted molar refractivity (Wildman–Crippen MR) is 65.1 cm³/mol. The molecule has 0 radical (unpaired) electrons. The number of hydrogen-bond donors (Lipinski definition) is 1. The maximum Gasteiger partial charge on any atom is 0.167 e. The topological polar surface area (TPSA) is 66.0 Å². The minimum Gasteiger partial charge on any atom is -0.494 e. The number of benzene rings is 1. The fourth-order valence-electron chi connectivity index (χ4n) is 1.48. The van der Waals surface area contributed by atoms with Gasteiger partial charge < -0.3 is 10.5 Å². The van der Waals surface area contributed by atoms with Crippen molar-refractivity contribution < 1.29 is 9.13 Å². The van der Waals surface area contributed by atoms with Crippen LogP contribution < -0.4 is 10.5 Å². The van der Waals surface area contributed by atoms with Gasteiger partial charge in [0.15, 0.2) is 11.6 Å². The Labute approximate surface area is 104 Å². The van der Waals surface area contributed by atoms with Crippen LogP contribution in [0.1, 0.15) is 19.5 Å². The van der Waals surface area contributed by atoms with E-state index < -0.39 is 11.4 Å². The Morgan fingerprint density at radius 3 is 2.61 bits per heavy atom. The van der Waals surface area contributed by atoms with E-state index in [9.17, 15) is 4.39 Å². The minimum atomic E-state index is -0.580. The van der Waals surface area contributed by atoms with E-state index in [1.54, 1.807) is 18.3 Å². The summed E-state index contributed by atoms with van der Waals surface area (Å²) in [4.78, 5) is 0. The third-order valence-corrected chi connectivity index (χ3v) is 2.55. The fraction of sp³-hybridized carbons (Fsp3) is 0.333. The van der Waals surface area contributed by atoms with E-state index in [-0.39, 0.29) is 5.75 Å². The van der Waals surface area contributed by atoms with Crippen LogP contribution in [0.2, 0.25) is 0 Å². The number of rotatable bonds is 3. The zero-order valence-electron chi connectivity index (χ0n) is 10.5. The van der Waals surface area contributed by atoms with Gasteiger partial charge in [-0.3, -0.25) is 0 Å². The van der Waals surface area contributed by atoms with Crippen molar-refractivity contribution in [1.82, 2.24) is 15.0 Å². The molecule has 1 aromatic heterocycles. The largest absolute Gasteiger partial charge is 0.494 e. The van der Waals surface area contributed by atoms with Gasteiger partial charge in [0.05, 0.1) is 24.5 Å². The summed E-state index contributed by atoms with van der Waals surface area (Å²) in [5, 5.41) is 7.90. The monoisotopic (exact) mass is 250 g/mol. The molecule has 0 aliphatic carbocycles. The van der Waals surface area contributed by atoms with E-state index in [0.29, 0.717) is 11.4 Å². The molecule has 0 atom stereocenters. The summed E-state index contributed by atoms with van der Waals surface area (Å²) in [7, 11) is 1.42. The first-order chi connectivity index (χ1) is 8.41. The Balaban J connectivity index is 2.38. The van der Waals surface area contributed by atoms with Crippen LogP contribution in [0.5, 0.6) is 5.75 Å². The van der Waals surface area contributed by atoms with E-state index in [1.165, 1.54) is 17.9 Å². The molecule has 1 heterocycles. The van der Waals surface area contributed by atoms with Crippen LogP contribution in [0.4, 0.5) is 4.39 Å². The van der Waals surface area contributed by atoms with E-state index in [2.05, 4.69) is 10.3 Å². The number of nitrogens with two attached hydrogens (primary N) is 1. The second kappa shape index (κ2) is 4.38. The lowest BCUT2D eigenvalue weighted by molar-refractivity contribution is 0.386. The Morgan fingerprint density at radius 2 is 2.11 bits per heavy atom. The molecule has 0 fully saturated rings. The van der Waals surface area contributed by atoms with Crippen LogP contribution in [0.25, 0.3) is 5.69 Å². The second-order valence-corrected chi connectivity index (χ2v) is 4.59. The van der Waals surface area contributed by atoms with Crippen molar-refractivity contribution in [3.05, 3.63) is 35.9 Å². The van der Waals surface area contributed by atoms with Crippen molar-refractivity contribution >= 4 is 0 Å². The molecular formula is C12H15FN4O. The second-order valence-electron chi connectivity index (χ2n) is 4.59. The molecule has 0 aliphatic rings. The van der Waals surface area contributed by atoms with Crippen molar-refractivity contribution in [3.63, 3.8) is 0 Å². The molecular weight excluding hydrogens is 235 g/mol. The molecule has 5 nitrogen and oxygen atoms in total. The van der Waals surface area contributed by atoms with Crippen LogP contribution in [-0.2, 0) is 5.54 Å². The number of hydrogen-bond acceptors (Lipinski definition) is 4. The lowest BCUT2D eigenvalue weighted by Gasteiger charge is -2.13. The summed E-state index contributed by atoms with van der Waals surface area (Å²) in [6, 6.07) is 4.57. The first-order valence-electron chi connectivity index (χ1n) is 5.47. The lowest BCUT2D eigenvalue weighted by atomic mass is 10.0. The average molecular weight is 250 g/mol. The summed E-state index contributed by atoms with van der Waals surface area (Å²) in [5.41, 5.74) is 6.54. The van der Waals surface area contributed by atoms with Gasteiger partial charge in [-0.25, -0.2) is 9.07 Å². The van der Waals surface area contributed by atoms with E-state index in [0.717, 1.165) is 0 Å². The van der Waals surface area contributed by atoms with E-state index >= 15 is 0 Å². The van der Waals surface area contributed by atoms with Gasteiger partial charge in [0.25, 0.3) is 0 Å². The van der Waals surface area contributed by atoms with Crippen molar-refractivity contribution in [3.8, 4) is 11.4 Å². The van der Waals surface area contributed by atoms with E-state index in [4.69, 9.17) is 10.5 Å². The summed E-state index contributed by atoms with van der Waals surface area (Å²) in [6.07, 6.45) is 1.68. The van der Waals surface area contributed by atoms with Gasteiger partial charge in [-0.15, -0.1) is 5.10 Å². The highest BCUT2D eigenvalue weighted by molar-refractivity contribution is 5.38. The van der Waals surface area contributed by atoms with Gasteiger partial charge in [-0.05, 0) is 26.0 Å². The third kappa shape index (κ3) is 2.33. The molecule has 0 aliphatic heterocycles. The molecule has 1 aromatic carbocycles. The first-order valence-corrected chi connectivity index (χ1v) is 5.47. The molecule has 0 spiro atoms. The highest BCUT2D eigenvalue weighted by Gasteiger charge is 2.18. The SMILES string of the molecule is COc1ccc(-n2cc(C(C)(C)N)nn2)cc1F. The summed E-state index contributed by atoms with van der Waals surface area (Å²) >= 11 is 0. The Morgan fingerprint density at radius 1 is 1.39 bits per heavy atom. The Bertz CT molecular complexity index is 559. The predicted octanol–water partition coefficient (Wildman–Crippen LogP) is 1.61. The van der Waals surface area contributed by atoms with Gasteiger partial charge in [-0.2, -0.15) is 0 Å². The molecule has 0 saturated heterocycles. The molecule has 0 saturated carbocycles. The molecule has 2 N–H and O–H groups in total. The van der Waals surface area contributed by atoms with E-state index in [1.807, 2.05) is 13.8 Å². The normalized spacial score (nSPS) is 11.6. The maximum absolute atomic E-state index is 13.6. The van der Waals surface area contributed by atoms with Crippen LogP contribution in [-0.4, -0.2) is 22.1 Å². The zero-order chi connectivity index (χ0) is 13.3. The number of ether oxygens (including phenoxy) is 1. The number of methoxy groups -OCH3 is 1. The summed E-state index contributed by atoms with van der Waals surface area (Å²) < 4.78 is 19.9. The van der Waals surface area contributed by atoms with Crippen molar-refractivity contribution in [2.24, 2.45) is 5.73 Å². The van der Waals surface area contributed by atoms with Crippen LogP contribution in [0.15, 0.2) is 24.4 Å². The highest BCUT2D eigenvalue weighted by Crippen LogP contribution is 2.21. The zero-order valence-corrected chi connectivity index (χ0v) is 10.5. The molecule has 2 rings (SSSR count). The van der Waals surface area contributed by atoms with Gasteiger partial charge >= 0.3 is 0 Å². The van der Waals surface area contributed by atoms with Crippen molar-refractivity contribution in [1.29, 1.82) is 0 Å². The number of halogens is 1. The summed E-state index contributed by atoms with van der Waals surface area (Å²) in [5.74, 6) is -0.252. The fourth-order valence-corrected chi connectivity index (χ4v) is 1.48.